The molecule has 0 radical (unpaired) electrons. The third-order valence-electron chi connectivity index (χ3n) is 3.63. The summed E-state index contributed by atoms with van der Waals surface area (Å²) >= 11 is 3.25. The highest BCUT2D eigenvalue weighted by Crippen LogP contribution is 2.35. The van der Waals surface area contributed by atoms with E-state index in [9.17, 15) is 9.18 Å². The van der Waals surface area contributed by atoms with Crippen molar-refractivity contribution in [1.82, 2.24) is 0 Å². The second-order valence-corrected chi connectivity index (χ2v) is 5.93. The predicted molar refractivity (Wildman–Crippen MR) is 75.6 cm³/mol. The van der Waals surface area contributed by atoms with Crippen molar-refractivity contribution in [2.45, 2.75) is 44.6 Å². The molecular weight excluding hydrogens is 311 g/mol. The lowest BCUT2D eigenvalue weighted by Crippen LogP contribution is -2.40. The van der Waals surface area contributed by atoms with Crippen LogP contribution in [0.4, 0.5) is 4.39 Å². The Labute approximate surface area is 121 Å². The molecule has 0 N–H and O–H groups in total. The maximum absolute atomic E-state index is 13.3. The number of hydrogen-bond acceptors (Lipinski definition) is 2. The van der Waals surface area contributed by atoms with E-state index in [-0.39, 0.29) is 18.0 Å². The molecule has 2 nitrogen and oxygen atoms in total. The van der Waals surface area contributed by atoms with E-state index < -0.39 is 5.60 Å². The van der Waals surface area contributed by atoms with Gasteiger partial charge < -0.3 is 4.74 Å². The van der Waals surface area contributed by atoms with Crippen molar-refractivity contribution in [3.05, 3.63) is 34.1 Å². The van der Waals surface area contributed by atoms with E-state index in [0.717, 1.165) is 25.7 Å². The minimum Gasteiger partial charge on any atom is -0.367 e. The van der Waals surface area contributed by atoms with Gasteiger partial charge in [0.25, 0.3) is 0 Å². The van der Waals surface area contributed by atoms with Crippen molar-refractivity contribution in [1.29, 1.82) is 0 Å². The van der Waals surface area contributed by atoms with E-state index in [2.05, 4.69) is 15.9 Å². The fraction of sp³-hybridized carbons (Fsp3) is 0.533. The highest BCUT2D eigenvalue weighted by molar-refractivity contribution is 9.10. The van der Waals surface area contributed by atoms with Gasteiger partial charge in [0.1, 0.15) is 11.4 Å². The molecule has 1 aliphatic carbocycles. The van der Waals surface area contributed by atoms with Gasteiger partial charge >= 0.3 is 0 Å². The van der Waals surface area contributed by atoms with Gasteiger partial charge in [0.2, 0.25) is 0 Å². The maximum Gasteiger partial charge on any atom is 0.168 e. The zero-order valence-corrected chi connectivity index (χ0v) is 12.6. The Balaban J connectivity index is 2.14. The number of halogens is 2. The molecule has 0 aromatic heterocycles. The van der Waals surface area contributed by atoms with Gasteiger partial charge in [-0.25, -0.2) is 4.39 Å². The fourth-order valence-electron chi connectivity index (χ4n) is 2.79. The van der Waals surface area contributed by atoms with Gasteiger partial charge in [0.05, 0.1) is 0 Å². The monoisotopic (exact) mass is 328 g/mol. The van der Waals surface area contributed by atoms with Gasteiger partial charge in [-0.2, -0.15) is 0 Å². The van der Waals surface area contributed by atoms with Crippen LogP contribution in [0.5, 0.6) is 0 Å². The van der Waals surface area contributed by atoms with Gasteiger partial charge in [0, 0.05) is 17.5 Å². The molecule has 0 atom stereocenters. The molecule has 0 amide bonds. The van der Waals surface area contributed by atoms with Gasteiger partial charge in [-0.3, -0.25) is 4.79 Å². The largest absolute Gasteiger partial charge is 0.367 e. The summed E-state index contributed by atoms with van der Waals surface area (Å²) in [4.78, 5) is 12.5. The summed E-state index contributed by atoms with van der Waals surface area (Å²) in [6.07, 6.45) is 3.86. The smallest absolute Gasteiger partial charge is 0.168 e. The lowest BCUT2D eigenvalue weighted by atomic mass is 9.91. The van der Waals surface area contributed by atoms with Crippen LogP contribution in [0.15, 0.2) is 22.7 Å². The second-order valence-electron chi connectivity index (χ2n) is 5.01. The molecule has 1 aromatic rings. The molecule has 0 spiro atoms. The highest BCUT2D eigenvalue weighted by Gasteiger charge is 2.41. The third kappa shape index (κ3) is 3.42. The number of carbonyl (C=O) groups is 1. The summed E-state index contributed by atoms with van der Waals surface area (Å²) in [6.45, 7) is 2.45. The van der Waals surface area contributed by atoms with Gasteiger partial charge in [-0.05, 0) is 56.4 Å². The van der Waals surface area contributed by atoms with Crippen LogP contribution in [0.3, 0.4) is 0 Å². The highest BCUT2D eigenvalue weighted by atomic mass is 79.9. The maximum atomic E-state index is 13.3. The second kappa shape index (κ2) is 6.14. The summed E-state index contributed by atoms with van der Waals surface area (Å²) in [7, 11) is 0. The topological polar surface area (TPSA) is 26.3 Å². The molecule has 4 heteroatoms. The summed E-state index contributed by atoms with van der Waals surface area (Å²) in [5.74, 6) is -0.251. The Hall–Kier alpha value is -0.740. The van der Waals surface area contributed by atoms with Crippen LogP contribution >= 0.6 is 15.9 Å². The van der Waals surface area contributed by atoms with Crippen LogP contribution in [0.2, 0.25) is 0 Å². The first kappa shape index (κ1) is 14.7. The SMILES string of the molecule is CCOC1(C(=O)Cc2cc(F)cc(Br)c2)CCCC1. The van der Waals surface area contributed by atoms with Crippen molar-refractivity contribution in [2.75, 3.05) is 6.61 Å². The van der Waals surface area contributed by atoms with Crippen LogP contribution in [0.25, 0.3) is 0 Å². The molecule has 2 rings (SSSR count). The molecule has 0 bridgehead atoms. The lowest BCUT2D eigenvalue weighted by Gasteiger charge is -2.27. The molecule has 104 valence electrons. The summed E-state index contributed by atoms with van der Waals surface area (Å²) in [5.41, 5.74) is 0.0657. The molecule has 0 saturated heterocycles. The number of ether oxygens (including phenoxy) is 1. The van der Waals surface area contributed by atoms with Crippen molar-refractivity contribution in [3.63, 3.8) is 0 Å². The van der Waals surface area contributed by atoms with Gasteiger partial charge in [-0.1, -0.05) is 15.9 Å². The van der Waals surface area contributed by atoms with Crippen LogP contribution in [-0.4, -0.2) is 18.0 Å². The van der Waals surface area contributed by atoms with E-state index in [1.165, 1.54) is 12.1 Å². The van der Waals surface area contributed by atoms with Crippen molar-refractivity contribution >= 4 is 21.7 Å². The Bertz CT molecular complexity index is 447. The fourth-order valence-corrected chi connectivity index (χ4v) is 3.30. The number of Topliss-reactive ketones (excluding diaryl/α,β-unsaturated/α-hetero) is 1. The van der Waals surface area contributed by atoms with Crippen LogP contribution < -0.4 is 0 Å². The normalized spacial score (nSPS) is 17.6. The zero-order chi connectivity index (χ0) is 13.9. The van der Waals surface area contributed by atoms with Crippen molar-refractivity contribution in [2.24, 2.45) is 0 Å². The minimum absolute atomic E-state index is 0.0735. The summed E-state index contributed by atoms with van der Waals surface area (Å²) < 4.78 is 19.7. The quantitative estimate of drug-likeness (QED) is 0.815. The molecule has 1 aromatic carbocycles. The molecule has 0 unspecified atom stereocenters. The molecule has 0 aliphatic heterocycles. The number of hydrogen-bond donors (Lipinski definition) is 0. The predicted octanol–water partition coefficient (Wildman–Crippen LogP) is 4.05. The third-order valence-corrected chi connectivity index (χ3v) is 4.08. The molecule has 1 saturated carbocycles. The number of benzene rings is 1. The molecular formula is C15H18BrFO2. The Kier molecular flexibility index (Phi) is 4.74. The molecule has 1 fully saturated rings. The number of carbonyl (C=O) groups excluding carboxylic acids is 1. The minimum atomic E-state index is -0.631. The first-order chi connectivity index (χ1) is 9.05. The molecule has 0 heterocycles. The van der Waals surface area contributed by atoms with Crippen LogP contribution in [0, 0.1) is 5.82 Å². The van der Waals surface area contributed by atoms with E-state index in [0.29, 0.717) is 16.6 Å². The number of rotatable bonds is 5. The van der Waals surface area contributed by atoms with Gasteiger partial charge in [-0.15, -0.1) is 0 Å². The van der Waals surface area contributed by atoms with Crippen LogP contribution in [0.1, 0.15) is 38.2 Å². The first-order valence-corrected chi connectivity index (χ1v) is 7.47. The van der Waals surface area contributed by atoms with Crippen LogP contribution in [-0.2, 0) is 16.0 Å². The first-order valence-electron chi connectivity index (χ1n) is 6.68. The van der Waals surface area contributed by atoms with Gasteiger partial charge in [0.15, 0.2) is 5.78 Å². The lowest BCUT2D eigenvalue weighted by molar-refractivity contribution is -0.142. The average molecular weight is 329 g/mol. The Morgan fingerprint density at radius 3 is 2.63 bits per heavy atom. The standard InChI is InChI=1S/C15H18BrFO2/c1-2-19-15(5-3-4-6-15)14(18)9-11-7-12(16)10-13(17)8-11/h7-8,10H,2-6,9H2,1H3. The molecule has 19 heavy (non-hydrogen) atoms. The summed E-state index contributed by atoms with van der Waals surface area (Å²) in [5, 5.41) is 0. The van der Waals surface area contributed by atoms with E-state index in [4.69, 9.17) is 4.74 Å². The summed E-state index contributed by atoms with van der Waals surface area (Å²) in [6, 6.07) is 4.59. The zero-order valence-electron chi connectivity index (χ0n) is 11.0. The van der Waals surface area contributed by atoms with Crippen molar-refractivity contribution in [3.8, 4) is 0 Å². The number of ketones is 1. The van der Waals surface area contributed by atoms with E-state index in [1.54, 1.807) is 6.07 Å². The van der Waals surface area contributed by atoms with Crippen molar-refractivity contribution < 1.29 is 13.9 Å². The Morgan fingerprint density at radius 1 is 1.37 bits per heavy atom. The molecule has 1 aliphatic rings. The van der Waals surface area contributed by atoms with E-state index >= 15 is 0 Å². The average Bonchev–Trinajstić information content (AvgIpc) is 2.78. The van der Waals surface area contributed by atoms with E-state index in [1.807, 2.05) is 6.92 Å². The Morgan fingerprint density at radius 2 is 2.05 bits per heavy atom.